The number of nitrogens with one attached hydrogen (secondary N) is 2. The van der Waals surface area contributed by atoms with Gasteiger partial charge in [0.2, 0.25) is 0 Å². The van der Waals surface area contributed by atoms with Crippen LogP contribution < -0.4 is 10.7 Å². The van der Waals surface area contributed by atoms with E-state index in [4.69, 9.17) is 4.42 Å². The van der Waals surface area contributed by atoms with Gasteiger partial charge in [0, 0.05) is 36.2 Å². The molecule has 8 nitrogen and oxygen atoms in total. The molecule has 1 aliphatic carbocycles. The first-order valence-corrected chi connectivity index (χ1v) is 9.84. The van der Waals surface area contributed by atoms with Crippen LogP contribution in [0, 0.1) is 23.0 Å². The SMILES string of the molecule is Cc1c(C(=O)NCCC(C)C)oc2c1/C(=N/Nc1ccc([N+](=O)[O-])cc1)CCC2. The number of carbonyl (C=O) groups excluding carboxylic acids is 1. The molecule has 2 N–H and O–H groups in total. The van der Waals surface area contributed by atoms with E-state index in [9.17, 15) is 14.9 Å². The second-order valence-corrected chi connectivity index (χ2v) is 7.62. The number of non-ortho nitro benzene ring substituents is 1. The molecule has 0 bridgehead atoms. The molecule has 154 valence electrons. The highest BCUT2D eigenvalue weighted by molar-refractivity contribution is 6.06. The third kappa shape index (κ3) is 4.82. The van der Waals surface area contributed by atoms with E-state index in [0.717, 1.165) is 48.3 Å². The van der Waals surface area contributed by atoms with Gasteiger partial charge >= 0.3 is 0 Å². The Kier molecular flexibility index (Phi) is 6.31. The number of furan rings is 1. The molecule has 3 rings (SSSR count). The molecule has 0 radical (unpaired) electrons. The number of nitro benzene ring substituents is 1. The van der Waals surface area contributed by atoms with E-state index < -0.39 is 4.92 Å². The number of nitrogens with zero attached hydrogens (tertiary/aromatic N) is 2. The van der Waals surface area contributed by atoms with Crippen LogP contribution in [0.25, 0.3) is 0 Å². The van der Waals surface area contributed by atoms with E-state index in [1.165, 1.54) is 12.1 Å². The monoisotopic (exact) mass is 398 g/mol. The molecule has 0 unspecified atom stereocenters. The largest absolute Gasteiger partial charge is 0.455 e. The zero-order chi connectivity index (χ0) is 21.0. The summed E-state index contributed by atoms with van der Waals surface area (Å²) < 4.78 is 5.88. The van der Waals surface area contributed by atoms with E-state index in [1.54, 1.807) is 12.1 Å². The summed E-state index contributed by atoms with van der Waals surface area (Å²) in [5.74, 6) is 1.46. The number of hydrogen-bond acceptors (Lipinski definition) is 6. The summed E-state index contributed by atoms with van der Waals surface area (Å²) in [4.78, 5) is 22.8. The lowest BCUT2D eigenvalue weighted by Gasteiger charge is -2.13. The maximum atomic E-state index is 12.5. The molecule has 29 heavy (non-hydrogen) atoms. The maximum absolute atomic E-state index is 12.5. The van der Waals surface area contributed by atoms with Gasteiger partial charge in [-0.05, 0) is 44.2 Å². The lowest BCUT2D eigenvalue weighted by Crippen LogP contribution is -2.25. The minimum absolute atomic E-state index is 0.0296. The Morgan fingerprint density at radius 2 is 2.00 bits per heavy atom. The molecular formula is C21H26N4O4. The van der Waals surface area contributed by atoms with Crippen molar-refractivity contribution in [3.05, 3.63) is 57.0 Å². The van der Waals surface area contributed by atoms with Gasteiger partial charge in [-0.2, -0.15) is 5.10 Å². The van der Waals surface area contributed by atoms with Gasteiger partial charge < -0.3 is 9.73 Å². The fourth-order valence-electron chi connectivity index (χ4n) is 3.34. The Balaban J connectivity index is 1.77. The second-order valence-electron chi connectivity index (χ2n) is 7.62. The van der Waals surface area contributed by atoms with Crippen molar-refractivity contribution >= 4 is 23.0 Å². The number of carbonyl (C=O) groups is 1. The zero-order valence-corrected chi connectivity index (χ0v) is 16.9. The van der Waals surface area contributed by atoms with E-state index in [-0.39, 0.29) is 11.6 Å². The van der Waals surface area contributed by atoms with Crippen LogP contribution in [-0.4, -0.2) is 23.1 Å². The Hall–Kier alpha value is -3.16. The number of nitro groups is 1. The fourth-order valence-corrected chi connectivity index (χ4v) is 3.34. The standard InChI is InChI=1S/C21H26N4O4/c1-13(2)11-12-22-21(26)20-14(3)19-17(5-4-6-18(19)29-20)24-23-15-7-9-16(10-8-15)25(27)28/h7-10,13,23H,4-6,11-12H2,1-3H3,(H,22,26)/b24-17+. The number of benzene rings is 1. The Labute approximate surface area is 169 Å². The molecule has 1 aliphatic rings. The van der Waals surface area contributed by atoms with Crippen molar-refractivity contribution in [1.82, 2.24) is 5.32 Å². The summed E-state index contributed by atoms with van der Waals surface area (Å²) in [5.41, 5.74) is 6.15. The van der Waals surface area contributed by atoms with Crippen molar-refractivity contribution in [2.75, 3.05) is 12.0 Å². The first-order valence-electron chi connectivity index (χ1n) is 9.84. The Morgan fingerprint density at radius 3 is 2.66 bits per heavy atom. The smallest absolute Gasteiger partial charge is 0.287 e. The van der Waals surface area contributed by atoms with Gasteiger partial charge in [-0.3, -0.25) is 20.3 Å². The van der Waals surface area contributed by atoms with Gasteiger partial charge in [-0.25, -0.2) is 0 Å². The van der Waals surface area contributed by atoms with Gasteiger partial charge in [-0.15, -0.1) is 0 Å². The summed E-state index contributed by atoms with van der Waals surface area (Å²) >= 11 is 0. The molecule has 0 saturated heterocycles. The van der Waals surface area contributed by atoms with Crippen LogP contribution in [0.3, 0.4) is 0 Å². The van der Waals surface area contributed by atoms with Crippen molar-refractivity contribution in [3.8, 4) is 0 Å². The normalized spacial score (nSPS) is 14.7. The molecular weight excluding hydrogens is 372 g/mol. The van der Waals surface area contributed by atoms with Gasteiger partial charge in [-0.1, -0.05) is 13.8 Å². The molecule has 0 saturated carbocycles. The molecule has 0 fully saturated rings. The van der Waals surface area contributed by atoms with E-state index >= 15 is 0 Å². The number of aryl methyl sites for hydroxylation is 1. The summed E-state index contributed by atoms with van der Waals surface area (Å²) in [6, 6.07) is 6.08. The molecule has 2 aromatic rings. The predicted octanol–water partition coefficient (Wildman–Crippen LogP) is 4.42. The molecule has 1 aromatic carbocycles. The topological polar surface area (TPSA) is 110 Å². The first-order chi connectivity index (χ1) is 13.9. The summed E-state index contributed by atoms with van der Waals surface area (Å²) in [5, 5.41) is 18.2. The number of fused-ring (bicyclic) bond motifs is 1. The summed E-state index contributed by atoms with van der Waals surface area (Å²) in [6.45, 7) is 6.73. The lowest BCUT2D eigenvalue weighted by atomic mass is 9.93. The zero-order valence-electron chi connectivity index (χ0n) is 16.9. The van der Waals surface area contributed by atoms with Crippen LogP contribution in [0.4, 0.5) is 11.4 Å². The van der Waals surface area contributed by atoms with Crippen LogP contribution in [0.5, 0.6) is 0 Å². The highest BCUT2D eigenvalue weighted by Crippen LogP contribution is 2.30. The second kappa shape index (κ2) is 8.89. The Bertz CT molecular complexity index is 929. The van der Waals surface area contributed by atoms with Crippen LogP contribution in [-0.2, 0) is 6.42 Å². The average Bonchev–Trinajstić information content (AvgIpc) is 3.03. The number of rotatable bonds is 7. The Morgan fingerprint density at radius 1 is 1.28 bits per heavy atom. The van der Waals surface area contributed by atoms with Gasteiger partial charge in [0.05, 0.1) is 16.3 Å². The molecule has 0 spiro atoms. The highest BCUT2D eigenvalue weighted by atomic mass is 16.6. The van der Waals surface area contributed by atoms with Crippen LogP contribution in [0.2, 0.25) is 0 Å². The van der Waals surface area contributed by atoms with Crippen molar-refractivity contribution in [2.24, 2.45) is 11.0 Å². The molecule has 1 heterocycles. The molecule has 8 heteroatoms. The van der Waals surface area contributed by atoms with Gasteiger partial charge in [0.1, 0.15) is 5.76 Å². The molecule has 1 aromatic heterocycles. The van der Waals surface area contributed by atoms with Crippen LogP contribution in [0.15, 0.2) is 33.8 Å². The third-order valence-electron chi connectivity index (χ3n) is 4.94. The summed E-state index contributed by atoms with van der Waals surface area (Å²) in [7, 11) is 0. The van der Waals surface area contributed by atoms with Crippen molar-refractivity contribution in [2.45, 2.75) is 46.5 Å². The van der Waals surface area contributed by atoms with Crippen molar-refractivity contribution < 1.29 is 14.1 Å². The number of anilines is 1. The third-order valence-corrected chi connectivity index (χ3v) is 4.94. The lowest BCUT2D eigenvalue weighted by molar-refractivity contribution is -0.384. The van der Waals surface area contributed by atoms with Crippen molar-refractivity contribution in [1.29, 1.82) is 0 Å². The predicted molar refractivity (Wildman–Crippen MR) is 111 cm³/mol. The van der Waals surface area contributed by atoms with Crippen molar-refractivity contribution in [3.63, 3.8) is 0 Å². The minimum atomic E-state index is -0.439. The number of amides is 1. The highest BCUT2D eigenvalue weighted by Gasteiger charge is 2.27. The van der Waals surface area contributed by atoms with Crippen LogP contribution in [0.1, 0.15) is 60.6 Å². The minimum Gasteiger partial charge on any atom is -0.455 e. The van der Waals surface area contributed by atoms with E-state index in [1.807, 2.05) is 6.92 Å². The molecule has 0 aliphatic heterocycles. The molecule has 0 atom stereocenters. The van der Waals surface area contributed by atoms with Gasteiger partial charge in [0.15, 0.2) is 5.76 Å². The van der Waals surface area contributed by atoms with E-state index in [2.05, 4.69) is 29.7 Å². The molecule has 1 amide bonds. The van der Waals surface area contributed by atoms with E-state index in [0.29, 0.717) is 23.9 Å². The quantitative estimate of drug-likeness (QED) is 0.530. The van der Waals surface area contributed by atoms with Crippen LogP contribution >= 0.6 is 0 Å². The number of hydrogen-bond donors (Lipinski definition) is 2. The summed E-state index contributed by atoms with van der Waals surface area (Å²) in [6.07, 6.45) is 3.33. The fraction of sp³-hybridized carbons (Fsp3) is 0.429. The maximum Gasteiger partial charge on any atom is 0.287 e. The number of hydrazone groups is 1. The average molecular weight is 398 g/mol. The van der Waals surface area contributed by atoms with Gasteiger partial charge in [0.25, 0.3) is 11.6 Å². The first kappa shape index (κ1) is 20.6.